The van der Waals surface area contributed by atoms with E-state index < -0.39 is 0 Å². The molecule has 1 N–H and O–H groups in total. The van der Waals surface area contributed by atoms with Gasteiger partial charge in [0.15, 0.2) is 0 Å². The molecule has 0 radical (unpaired) electrons. The highest BCUT2D eigenvalue weighted by Crippen LogP contribution is 2.10. The summed E-state index contributed by atoms with van der Waals surface area (Å²) in [5, 5.41) is 3.59. The van der Waals surface area contributed by atoms with Crippen molar-refractivity contribution in [1.82, 2.24) is 5.32 Å². The van der Waals surface area contributed by atoms with Crippen LogP contribution in [-0.4, -0.2) is 13.1 Å². The molecule has 0 aromatic carbocycles. The summed E-state index contributed by atoms with van der Waals surface area (Å²) in [4.78, 5) is 0. The quantitative estimate of drug-likeness (QED) is 0.302. The molecule has 0 saturated heterocycles. The fourth-order valence-electron chi connectivity index (χ4n) is 2.72. The van der Waals surface area contributed by atoms with Gasteiger partial charge in [0.1, 0.15) is 0 Å². The van der Waals surface area contributed by atoms with Crippen LogP contribution in [0.15, 0.2) is 0 Å². The molecule has 0 amide bonds. The van der Waals surface area contributed by atoms with Gasteiger partial charge in [-0.1, -0.05) is 97.3 Å². The molecule has 0 aromatic heterocycles. The van der Waals surface area contributed by atoms with Gasteiger partial charge in [-0.15, -0.1) is 0 Å². The second-order valence-electron chi connectivity index (χ2n) is 6.35. The van der Waals surface area contributed by atoms with Gasteiger partial charge in [0.2, 0.25) is 0 Å². The SMILES string of the molecule is CCCCCCCCCCCCNCCCCCCC. The Morgan fingerprint density at radius 2 is 0.700 bits per heavy atom. The fraction of sp³-hybridized carbons (Fsp3) is 1.00. The van der Waals surface area contributed by atoms with Crippen molar-refractivity contribution in [3.63, 3.8) is 0 Å². The van der Waals surface area contributed by atoms with Gasteiger partial charge in [-0.2, -0.15) is 0 Å². The lowest BCUT2D eigenvalue weighted by Crippen LogP contribution is -2.16. The van der Waals surface area contributed by atoms with E-state index in [2.05, 4.69) is 19.2 Å². The third kappa shape index (κ3) is 18.0. The Labute approximate surface area is 129 Å². The van der Waals surface area contributed by atoms with Crippen molar-refractivity contribution in [3.05, 3.63) is 0 Å². The van der Waals surface area contributed by atoms with Crippen molar-refractivity contribution in [1.29, 1.82) is 0 Å². The van der Waals surface area contributed by atoms with Crippen molar-refractivity contribution in [3.8, 4) is 0 Å². The molecular formula is C19H41N. The van der Waals surface area contributed by atoms with Crippen LogP contribution >= 0.6 is 0 Å². The van der Waals surface area contributed by atoms with E-state index >= 15 is 0 Å². The summed E-state index contributed by atoms with van der Waals surface area (Å²) in [5.74, 6) is 0. The minimum atomic E-state index is 1.24. The van der Waals surface area contributed by atoms with Gasteiger partial charge < -0.3 is 5.32 Å². The summed E-state index contributed by atoms with van der Waals surface area (Å²) >= 11 is 0. The Hall–Kier alpha value is -0.0400. The molecule has 20 heavy (non-hydrogen) atoms. The lowest BCUT2D eigenvalue weighted by Gasteiger charge is -2.05. The molecule has 0 unspecified atom stereocenters. The highest BCUT2D eigenvalue weighted by Gasteiger charge is 1.93. The Kier molecular flexibility index (Phi) is 18.9. The standard InChI is InChI=1S/C19H41N/c1-3-5-7-9-10-11-12-13-15-17-19-20-18-16-14-8-6-4-2/h20H,3-19H2,1-2H3. The Balaban J connectivity index is 2.89. The summed E-state index contributed by atoms with van der Waals surface area (Å²) in [6.07, 6.45) is 21.4. The fourth-order valence-corrected chi connectivity index (χ4v) is 2.72. The van der Waals surface area contributed by atoms with Crippen LogP contribution in [0.4, 0.5) is 0 Å². The first-order valence-corrected chi connectivity index (χ1v) is 9.62. The minimum absolute atomic E-state index is 1.24. The maximum absolute atomic E-state index is 3.59. The smallest absolute Gasteiger partial charge is 0.00489 e. The molecule has 0 saturated carbocycles. The van der Waals surface area contributed by atoms with E-state index in [1.54, 1.807) is 0 Å². The predicted molar refractivity (Wildman–Crippen MR) is 93.5 cm³/mol. The molecule has 1 nitrogen and oxygen atoms in total. The van der Waals surface area contributed by atoms with E-state index in [0.29, 0.717) is 0 Å². The second kappa shape index (κ2) is 19.0. The minimum Gasteiger partial charge on any atom is -0.317 e. The molecule has 0 atom stereocenters. The highest BCUT2D eigenvalue weighted by atomic mass is 14.8. The van der Waals surface area contributed by atoms with Crippen LogP contribution in [0.5, 0.6) is 0 Å². The monoisotopic (exact) mass is 283 g/mol. The van der Waals surface area contributed by atoms with E-state index in [9.17, 15) is 0 Å². The molecule has 0 bridgehead atoms. The van der Waals surface area contributed by atoms with Crippen LogP contribution in [-0.2, 0) is 0 Å². The normalized spacial score (nSPS) is 11.1. The number of hydrogen-bond donors (Lipinski definition) is 1. The zero-order valence-corrected chi connectivity index (χ0v) is 14.5. The average Bonchev–Trinajstić information content (AvgIpc) is 2.47. The first kappa shape index (κ1) is 20.0. The Morgan fingerprint density at radius 3 is 1.05 bits per heavy atom. The lowest BCUT2D eigenvalue weighted by molar-refractivity contribution is 0.533. The van der Waals surface area contributed by atoms with Crippen LogP contribution in [0, 0.1) is 0 Å². The van der Waals surface area contributed by atoms with Gasteiger partial charge in [0, 0.05) is 0 Å². The highest BCUT2D eigenvalue weighted by molar-refractivity contribution is 4.52. The van der Waals surface area contributed by atoms with Gasteiger partial charge in [-0.3, -0.25) is 0 Å². The van der Waals surface area contributed by atoms with E-state index in [4.69, 9.17) is 0 Å². The second-order valence-corrected chi connectivity index (χ2v) is 6.35. The molecule has 0 aromatic rings. The molecule has 0 aliphatic rings. The van der Waals surface area contributed by atoms with Crippen LogP contribution in [0.2, 0.25) is 0 Å². The lowest BCUT2D eigenvalue weighted by atomic mass is 10.1. The maximum Gasteiger partial charge on any atom is -0.00489 e. The molecule has 0 rings (SSSR count). The Bertz CT molecular complexity index is 138. The first-order valence-electron chi connectivity index (χ1n) is 9.62. The van der Waals surface area contributed by atoms with Gasteiger partial charge in [-0.25, -0.2) is 0 Å². The molecule has 122 valence electrons. The average molecular weight is 284 g/mol. The summed E-state index contributed by atoms with van der Waals surface area (Å²) in [6.45, 7) is 7.05. The maximum atomic E-state index is 3.59. The number of nitrogens with one attached hydrogen (secondary N) is 1. The van der Waals surface area contributed by atoms with Gasteiger partial charge in [0.05, 0.1) is 0 Å². The molecule has 0 spiro atoms. The number of rotatable bonds is 17. The summed E-state index contributed by atoms with van der Waals surface area (Å²) in [6, 6.07) is 0. The summed E-state index contributed by atoms with van der Waals surface area (Å²) in [5.41, 5.74) is 0. The summed E-state index contributed by atoms with van der Waals surface area (Å²) in [7, 11) is 0. The van der Waals surface area contributed by atoms with E-state index in [0.717, 1.165) is 0 Å². The molecular weight excluding hydrogens is 242 g/mol. The molecule has 0 fully saturated rings. The topological polar surface area (TPSA) is 12.0 Å². The first-order chi connectivity index (χ1) is 9.91. The van der Waals surface area contributed by atoms with Crippen molar-refractivity contribution in [2.24, 2.45) is 0 Å². The number of hydrogen-bond acceptors (Lipinski definition) is 1. The molecule has 1 heteroatoms. The van der Waals surface area contributed by atoms with Crippen LogP contribution < -0.4 is 5.32 Å². The zero-order chi connectivity index (χ0) is 14.7. The number of unbranched alkanes of at least 4 members (excludes halogenated alkanes) is 13. The third-order valence-corrected chi connectivity index (χ3v) is 4.16. The largest absolute Gasteiger partial charge is 0.317 e. The van der Waals surface area contributed by atoms with E-state index in [1.165, 1.54) is 109 Å². The van der Waals surface area contributed by atoms with E-state index in [-0.39, 0.29) is 0 Å². The van der Waals surface area contributed by atoms with Gasteiger partial charge in [0.25, 0.3) is 0 Å². The van der Waals surface area contributed by atoms with Crippen molar-refractivity contribution in [2.45, 2.75) is 110 Å². The molecule has 0 aliphatic carbocycles. The predicted octanol–water partition coefficient (Wildman–Crippen LogP) is 6.47. The van der Waals surface area contributed by atoms with Crippen molar-refractivity contribution in [2.75, 3.05) is 13.1 Å². The van der Waals surface area contributed by atoms with Crippen LogP contribution in [0.3, 0.4) is 0 Å². The molecule has 0 heterocycles. The van der Waals surface area contributed by atoms with Crippen LogP contribution in [0.25, 0.3) is 0 Å². The summed E-state index contributed by atoms with van der Waals surface area (Å²) < 4.78 is 0. The van der Waals surface area contributed by atoms with Gasteiger partial charge in [-0.05, 0) is 25.9 Å². The third-order valence-electron chi connectivity index (χ3n) is 4.16. The van der Waals surface area contributed by atoms with E-state index in [1.807, 2.05) is 0 Å². The van der Waals surface area contributed by atoms with Crippen molar-refractivity contribution >= 4 is 0 Å². The molecule has 0 aliphatic heterocycles. The van der Waals surface area contributed by atoms with Crippen molar-refractivity contribution < 1.29 is 0 Å². The Morgan fingerprint density at radius 1 is 0.400 bits per heavy atom. The van der Waals surface area contributed by atoms with Crippen LogP contribution in [0.1, 0.15) is 110 Å². The zero-order valence-electron chi connectivity index (χ0n) is 14.5. The van der Waals surface area contributed by atoms with Gasteiger partial charge >= 0.3 is 0 Å².